The molecule has 2 aromatic carbocycles. The summed E-state index contributed by atoms with van der Waals surface area (Å²) in [4.78, 5) is 39.8. The molecule has 1 atom stereocenters. The van der Waals surface area contributed by atoms with Gasteiger partial charge >= 0.3 is 0 Å². The summed E-state index contributed by atoms with van der Waals surface area (Å²) in [5, 5.41) is 11.0. The number of amides is 2. The van der Waals surface area contributed by atoms with Crippen molar-refractivity contribution in [1.29, 1.82) is 0 Å². The van der Waals surface area contributed by atoms with E-state index < -0.39 is 0 Å². The number of nitrogens with zero attached hydrogens (tertiary/aromatic N) is 3. The molecular formula is C29H44N5O3P. The number of fused-ring (bicyclic) bond motifs is 1. The van der Waals surface area contributed by atoms with Crippen molar-refractivity contribution in [3.8, 4) is 0 Å². The summed E-state index contributed by atoms with van der Waals surface area (Å²) in [6.07, 6.45) is 0. The Bertz CT molecular complexity index is 1120. The van der Waals surface area contributed by atoms with Gasteiger partial charge in [0.1, 0.15) is 0 Å². The minimum absolute atomic E-state index is 0.0235. The van der Waals surface area contributed by atoms with Crippen molar-refractivity contribution >= 4 is 37.8 Å². The fourth-order valence-corrected chi connectivity index (χ4v) is 4.58. The Kier molecular flexibility index (Phi) is 12.4. The molecule has 1 aliphatic rings. The number of carbonyl (C=O) groups excluding carboxylic acids is 3. The van der Waals surface area contributed by atoms with Gasteiger partial charge in [0.25, 0.3) is 5.91 Å². The van der Waals surface area contributed by atoms with Crippen molar-refractivity contribution in [1.82, 2.24) is 20.7 Å². The van der Waals surface area contributed by atoms with Crippen LogP contribution in [0.15, 0.2) is 36.4 Å². The molecule has 0 spiro atoms. The van der Waals surface area contributed by atoms with Crippen LogP contribution in [-0.2, 0) is 22.7 Å². The lowest BCUT2D eigenvalue weighted by atomic mass is 10.1. The largest absolute Gasteiger partial charge is 0.353 e. The van der Waals surface area contributed by atoms with E-state index in [1.165, 1.54) is 18.1 Å². The average molecular weight is 542 g/mol. The van der Waals surface area contributed by atoms with E-state index in [0.29, 0.717) is 37.8 Å². The number of aryl methyl sites for hydroxylation is 1. The Morgan fingerprint density at radius 2 is 1.68 bits per heavy atom. The molecule has 1 aliphatic heterocycles. The third kappa shape index (κ3) is 8.90. The van der Waals surface area contributed by atoms with Gasteiger partial charge in [0, 0.05) is 50.5 Å². The molecule has 0 saturated carbocycles. The maximum absolute atomic E-state index is 13.4. The molecule has 0 aromatic heterocycles. The fourth-order valence-electron chi connectivity index (χ4n) is 4.28. The van der Waals surface area contributed by atoms with Crippen LogP contribution in [0.2, 0.25) is 0 Å². The highest BCUT2D eigenvalue weighted by Crippen LogP contribution is 2.25. The van der Waals surface area contributed by atoms with E-state index in [1.54, 1.807) is 29.1 Å². The van der Waals surface area contributed by atoms with E-state index in [9.17, 15) is 14.4 Å². The zero-order valence-electron chi connectivity index (χ0n) is 23.9. The average Bonchev–Trinajstić information content (AvgIpc) is 3.30. The van der Waals surface area contributed by atoms with E-state index in [-0.39, 0.29) is 30.7 Å². The molecule has 38 heavy (non-hydrogen) atoms. The summed E-state index contributed by atoms with van der Waals surface area (Å²) in [5.74, 6) is -0.296. The Morgan fingerprint density at radius 3 is 2.32 bits per heavy atom. The second-order valence-electron chi connectivity index (χ2n) is 9.64. The summed E-state index contributed by atoms with van der Waals surface area (Å²) in [6, 6.07) is 12.0. The van der Waals surface area contributed by atoms with Gasteiger partial charge in [0.05, 0.1) is 13.1 Å². The number of benzene rings is 2. The number of hydrogen-bond acceptors (Lipinski definition) is 6. The van der Waals surface area contributed by atoms with Gasteiger partial charge in [-0.2, -0.15) is 0 Å². The highest BCUT2D eigenvalue weighted by molar-refractivity contribution is 7.27. The molecule has 1 heterocycles. The first-order chi connectivity index (χ1) is 18.0. The number of carbonyl (C=O) groups is 3. The molecule has 2 aromatic rings. The zero-order valence-corrected chi connectivity index (χ0v) is 25.1. The van der Waals surface area contributed by atoms with Gasteiger partial charge < -0.3 is 15.5 Å². The Morgan fingerprint density at radius 1 is 1.00 bits per heavy atom. The second kappa shape index (κ2) is 15.0. The molecule has 0 bridgehead atoms. The van der Waals surface area contributed by atoms with Crippen LogP contribution in [-0.4, -0.2) is 66.9 Å². The lowest BCUT2D eigenvalue weighted by molar-refractivity contribution is -0.145. The number of nitrogens with one attached hydrogen (secondary N) is 2. The van der Waals surface area contributed by atoms with Crippen LogP contribution >= 0.6 is 9.24 Å². The predicted octanol–water partition coefficient (Wildman–Crippen LogP) is 3.03. The van der Waals surface area contributed by atoms with Crippen molar-refractivity contribution in [2.75, 3.05) is 38.1 Å². The smallest absolute Gasteiger partial charge is 0.256 e. The van der Waals surface area contributed by atoms with Crippen molar-refractivity contribution in [2.45, 2.75) is 60.7 Å². The van der Waals surface area contributed by atoms with E-state index in [0.717, 1.165) is 16.6 Å². The first kappa shape index (κ1) is 31.4. The molecule has 9 heteroatoms. The van der Waals surface area contributed by atoms with Crippen molar-refractivity contribution in [3.63, 3.8) is 0 Å². The van der Waals surface area contributed by atoms with E-state index in [2.05, 4.69) is 51.9 Å². The molecule has 1 unspecified atom stereocenters. The van der Waals surface area contributed by atoms with Gasteiger partial charge in [-0.3, -0.25) is 19.4 Å². The second-order valence-corrected chi connectivity index (χ2v) is 10.3. The topological polar surface area (TPSA) is 85.0 Å². The molecule has 0 fully saturated rings. The third-order valence-electron chi connectivity index (χ3n) is 6.33. The number of ketones is 1. The monoisotopic (exact) mass is 541 g/mol. The number of Topliss-reactive ketones (excluding diaryl/α,β-unsaturated/α-hetero) is 1. The Labute approximate surface area is 230 Å². The van der Waals surface area contributed by atoms with Crippen LogP contribution in [0.4, 0.5) is 5.69 Å². The highest BCUT2D eigenvalue weighted by Gasteiger charge is 2.27. The summed E-state index contributed by atoms with van der Waals surface area (Å²) >= 11 is 0. The minimum atomic E-state index is -0.160. The van der Waals surface area contributed by atoms with Crippen LogP contribution in [0.1, 0.15) is 61.7 Å². The highest BCUT2D eigenvalue weighted by atomic mass is 31.0. The summed E-state index contributed by atoms with van der Waals surface area (Å²) in [5.41, 5.74) is 4.63. The van der Waals surface area contributed by atoms with Gasteiger partial charge in [-0.15, -0.1) is 9.24 Å². The number of hydrazine groups is 1. The molecule has 0 aliphatic carbocycles. The molecule has 208 valence electrons. The maximum Gasteiger partial charge on any atom is 0.256 e. The van der Waals surface area contributed by atoms with Crippen LogP contribution in [0.25, 0.3) is 0 Å². The van der Waals surface area contributed by atoms with Crippen molar-refractivity contribution in [2.24, 2.45) is 0 Å². The van der Waals surface area contributed by atoms with Gasteiger partial charge in [0.2, 0.25) is 5.91 Å². The van der Waals surface area contributed by atoms with E-state index in [4.69, 9.17) is 0 Å². The number of rotatable bonds is 11. The molecule has 2 N–H and O–H groups in total. The summed E-state index contributed by atoms with van der Waals surface area (Å²) in [7, 11) is 4.49. The van der Waals surface area contributed by atoms with Crippen LogP contribution < -0.4 is 20.8 Å². The van der Waals surface area contributed by atoms with Crippen molar-refractivity contribution < 1.29 is 14.4 Å². The molecule has 8 nitrogen and oxygen atoms in total. The lowest BCUT2D eigenvalue weighted by Crippen LogP contribution is -2.48. The van der Waals surface area contributed by atoms with E-state index >= 15 is 0 Å². The standard InChI is InChI=1S/C27H38N5O3P.C2H6/c1-18(2)28-10-11-29-26(34)16-31(25-9-7-21(20(4)33)12-19(25)3)17-27(35)30(5)32-14-22-6-8-24(36)13-23(22)15-32;1-2/h6-9,12-13,18,28H,10-11,14-17,36H2,1-5H3,(H,29,34);1-2H3. The zero-order chi connectivity index (χ0) is 28.4. The Balaban J connectivity index is 0.00000247. The van der Waals surface area contributed by atoms with Crippen LogP contribution in [0.5, 0.6) is 0 Å². The molecular weight excluding hydrogens is 497 g/mol. The van der Waals surface area contributed by atoms with Crippen molar-refractivity contribution in [3.05, 3.63) is 58.7 Å². The lowest BCUT2D eigenvalue weighted by Gasteiger charge is -2.32. The Hall–Kier alpha value is -2.80. The SMILES string of the molecule is CC.CC(=O)c1ccc(N(CC(=O)NCCNC(C)C)CC(=O)N(C)N2Cc3ccc(P)cc3C2)c(C)c1. The molecule has 0 saturated heterocycles. The molecule has 2 amide bonds. The normalized spacial score (nSPS) is 12.4. The predicted molar refractivity (Wildman–Crippen MR) is 159 cm³/mol. The summed E-state index contributed by atoms with van der Waals surface area (Å²) in [6.45, 7) is 14.1. The molecule has 3 rings (SSSR count). The van der Waals surface area contributed by atoms with Gasteiger partial charge in [-0.25, -0.2) is 5.01 Å². The first-order valence-corrected chi connectivity index (χ1v) is 13.9. The van der Waals surface area contributed by atoms with E-state index in [1.807, 2.05) is 31.8 Å². The number of hydrogen-bond donors (Lipinski definition) is 2. The summed E-state index contributed by atoms with van der Waals surface area (Å²) < 4.78 is 0. The number of likely N-dealkylation sites (N-methyl/N-ethyl adjacent to an activating group) is 1. The maximum atomic E-state index is 13.4. The van der Waals surface area contributed by atoms with Gasteiger partial charge in [-0.1, -0.05) is 45.9 Å². The van der Waals surface area contributed by atoms with Crippen LogP contribution in [0.3, 0.4) is 0 Å². The molecule has 0 radical (unpaired) electrons. The number of anilines is 1. The van der Waals surface area contributed by atoms with Gasteiger partial charge in [-0.05, 0) is 54.0 Å². The first-order valence-electron chi connectivity index (χ1n) is 13.3. The third-order valence-corrected chi connectivity index (χ3v) is 6.68. The fraction of sp³-hybridized carbons (Fsp3) is 0.483. The quantitative estimate of drug-likeness (QED) is 0.259. The van der Waals surface area contributed by atoms with Crippen LogP contribution in [0, 0.1) is 6.92 Å². The minimum Gasteiger partial charge on any atom is -0.353 e. The van der Waals surface area contributed by atoms with Gasteiger partial charge in [0.15, 0.2) is 5.78 Å².